The van der Waals surface area contributed by atoms with Crippen molar-refractivity contribution < 1.29 is 9.90 Å². The van der Waals surface area contributed by atoms with Crippen LogP contribution in [0.5, 0.6) is 0 Å². The minimum Gasteiger partial charge on any atom is -0.478 e. The number of hydrogen-bond donors (Lipinski definition) is 1. The average molecular weight is 348 g/mol. The molecule has 0 saturated carbocycles. The van der Waals surface area contributed by atoms with Gasteiger partial charge in [-0.25, -0.2) is 14.6 Å². The van der Waals surface area contributed by atoms with Crippen molar-refractivity contribution in [2.24, 2.45) is 7.05 Å². The number of nitrogens with zero attached hydrogens (tertiary/aromatic N) is 4. The van der Waals surface area contributed by atoms with E-state index < -0.39 is 5.97 Å². The van der Waals surface area contributed by atoms with Crippen LogP contribution in [0.3, 0.4) is 0 Å². The maximum Gasteiger partial charge on any atom is 0.332 e. The van der Waals surface area contributed by atoms with Crippen molar-refractivity contribution in [3.63, 3.8) is 0 Å². The van der Waals surface area contributed by atoms with Crippen LogP contribution in [0.4, 0.5) is 0 Å². The number of hydrogen-bond acceptors (Lipinski definition) is 4. The fourth-order valence-corrected chi connectivity index (χ4v) is 2.71. The molecule has 0 radical (unpaired) electrons. The number of fused-ring (bicyclic) bond motifs is 1. The molecular formula is C17H24N4O4. The topological polar surface area (TPSA) is 99.1 Å². The molecule has 136 valence electrons. The van der Waals surface area contributed by atoms with Gasteiger partial charge in [-0.05, 0) is 18.9 Å². The predicted molar refractivity (Wildman–Crippen MR) is 95.7 cm³/mol. The highest BCUT2D eigenvalue weighted by Crippen LogP contribution is 2.12. The smallest absolute Gasteiger partial charge is 0.332 e. The lowest BCUT2D eigenvalue weighted by atomic mass is 10.3. The van der Waals surface area contributed by atoms with Gasteiger partial charge in [-0.3, -0.25) is 13.9 Å². The summed E-state index contributed by atoms with van der Waals surface area (Å²) in [5.41, 5.74) is -0.113. The first kappa shape index (κ1) is 18.7. The van der Waals surface area contributed by atoms with Gasteiger partial charge in [0, 0.05) is 26.2 Å². The second kappa shape index (κ2) is 7.96. The summed E-state index contributed by atoms with van der Waals surface area (Å²) in [7, 11) is 1.65. The van der Waals surface area contributed by atoms with Gasteiger partial charge < -0.3 is 9.67 Å². The quantitative estimate of drug-likeness (QED) is 0.731. The van der Waals surface area contributed by atoms with Crippen molar-refractivity contribution in [3.05, 3.63) is 32.7 Å². The monoisotopic (exact) mass is 348 g/mol. The number of carboxylic acids is 1. The van der Waals surface area contributed by atoms with Gasteiger partial charge in [-0.15, -0.1) is 0 Å². The first-order chi connectivity index (χ1) is 11.9. The molecule has 0 bridgehead atoms. The summed E-state index contributed by atoms with van der Waals surface area (Å²) in [4.78, 5) is 40.7. The third-order valence-corrected chi connectivity index (χ3v) is 4.12. The van der Waals surface area contributed by atoms with Gasteiger partial charge in [-0.2, -0.15) is 0 Å². The standard InChI is InChI=1S/C17H24N4O4/c1-4-6-10-20-15-14(16(24)21(17(20)25)11-7-5-2)19(3)12(18-15)8-9-13(22)23/h8-9H,4-7,10-11H2,1-3H3,(H,22,23)/b9-8+. The molecule has 2 aromatic rings. The molecule has 0 spiro atoms. The van der Waals surface area contributed by atoms with Crippen LogP contribution in [0.2, 0.25) is 0 Å². The molecule has 0 aliphatic heterocycles. The Morgan fingerprint density at radius 3 is 2.28 bits per heavy atom. The Labute approximate surface area is 145 Å². The third-order valence-electron chi connectivity index (χ3n) is 4.12. The molecule has 0 amide bonds. The van der Waals surface area contributed by atoms with E-state index in [1.807, 2.05) is 13.8 Å². The number of aliphatic carboxylic acids is 1. The summed E-state index contributed by atoms with van der Waals surface area (Å²) in [6, 6.07) is 0. The van der Waals surface area contributed by atoms with E-state index in [0.29, 0.717) is 30.1 Å². The van der Waals surface area contributed by atoms with Crippen LogP contribution in [0.1, 0.15) is 45.4 Å². The van der Waals surface area contributed by atoms with Crippen LogP contribution in [0.25, 0.3) is 17.2 Å². The second-order valence-corrected chi connectivity index (χ2v) is 5.97. The maximum absolute atomic E-state index is 12.8. The summed E-state index contributed by atoms with van der Waals surface area (Å²) in [6.07, 6.45) is 5.59. The van der Waals surface area contributed by atoms with Crippen LogP contribution in [0.15, 0.2) is 15.7 Å². The second-order valence-electron chi connectivity index (χ2n) is 5.97. The van der Waals surface area contributed by atoms with Crippen LogP contribution in [0, 0.1) is 0 Å². The lowest BCUT2D eigenvalue weighted by molar-refractivity contribution is -0.131. The van der Waals surface area contributed by atoms with E-state index in [4.69, 9.17) is 5.11 Å². The molecule has 2 rings (SSSR count). The Bertz CT molecular complexity index is 917. The van der Waals surface area contributed by atoms with Crippen molar-refractivity contribution in [1.82, 2.24) is 18.7 Å². The van der Waals surface area contributed by atoms with Gasteiger partial charge in [0.1, 0.15) is 5.82 Å². The number of rotatable bonds is 8. The molecule has 25 heavy (non-hydrogen) atoms. The number of carboxylic acid groups (broad SMARTS) is 1. The number of carbonyl (C=O) groups is 1. The van der Waals surface area contributed by atoms with E-state index in [1.165, 1.54) is 15.2 Å². The van der Waals surface area contributed by atoms with E-state index in [2.05, 4.69) is 4.98 Å². The summed E-state index contributed by atoms with van der Waals surface area (Å²) >= 11 is 0. The normalized spacial score (nSPS) is 11.6. The zero-order chi connectivity index (χ0) is 18.6. The molecule has 8 heteroatoms. The van der Waals surface area contributed by atoms with E-state index in [0.717, 1.165) is 31.8 Å². The van der Waals surface area contributed by atoms with Crippen molar-refractivity contribution >= 4 is 23.2 Å². The molecule has 0 aromatic carbocycles. The van der Waals surface area contributed by atoms with Gasteiger partial charge in [-0.1, -0.05) is 26.7 Å². The van der Waals surface area contributed by atoms with Gasteiger partial charge in [0.15, 0.2) is 11.2 Å². The third kappa shape index (κ3) is 3.72. The summed E-state index contributed by atoms with van der Waals surface area (Å²) < 4.78 is 4.32. The van der Waals surface area contributed by atoms with E-state index in [9.17, 15) is 14.4 Å². The summed E-state index contributed by atoms with van der Waals surface area (Å²) in [6.45, 7) is 4.85. The molecule has 2 aromatic heterocycles. The highest BCUT2D eigenvalue weighted by molar-refractivity contribution is 5.85. The van der Waals surface area contributed by atoms with Gasteiger partial charge >= 0.3 is 11.7 Å². The van der Waals surface area contributed by atoms with Gasteiger partial charge in [0.2, 0.25) is 0 Å². The van der Waals surface area contributed by atoms with Gasteiger partial charge in [0.05, 0.1) is 0 Å². The minimum atomic E-state index is -1.10. The molecule has 8 nitrogen and oxygen atoms in total. The van der Waals surface area contributed by atoms with Gasteiger partial charge in [0.25, 0.3) is 5.56 Å². The predicted octanol–water partition coefficient (Wildman–Crippen LogP) is 1.59. The Hall–Kier alpha value is -2.64. The number of aromatic nitrogens is 4. The Morgan fingerprint density at radius 1 is 1.12 bits per heavy atom. The van der Waals surface area contributed by atoms with Crippen molar-refractivity contribution in [2.75, 3.05) is 0 Å². The lowest BCUT2D eigenvalue weighted by Gasteiger charge is -2.11. The minimum absolute atomic E-state index is 0.309. The van der Waals surface area contributed by atoms with Crippen molar-refractivity contribution in [3.8, 4) is 0 Å². The molecular weight excluding hydrogens is 324 g/mol. The Kier molecular flexibility index (Phi) is 5.95. The molecule has 0 aliphatic rings. The highest BCUT2D eigenvalue weighted by atomic mass is 16.4. The lowest BCUT2D eigenvalue weighted by Crippen LogP contribution is -2.40. The number of unbranched alkanes of at least 4 members (excludes halogenated alkanes) is 2. The first-order valence-electron chi connectivity index (χ1n) is 8.53. The van der Waals surface area contributed by atoms with Crippen molar-refractivity contribution in [1.29, 1.82) is 0 Å². The maximum atomic E-state index is 12.8. The summed E-state index contributed by atoms with van der Waals surface area (Å²) in [5.74, 6) is -0.775. The van der Waals surface area contributed by atoms with E-state index in [-0.39, 0.29) is 11.2 Å². The molecule has 1 N–H and O–H groups in total. The summed E-state index contributed by atoms with van der Waals surface area (Å²) in [5, 5.41) is 8.81. The Balaban J connectivity index is 2.77. The SMILES string of the molecule is CCCCn1c(=O)c2c(nc(/C=C/C(=O)O)n2C)n(CCCC)c1=O. The first-order valence-corrected chi connectivity index (χ1v) is 8.53. The molecule has 0 saturated heterocycles. The van der Waals surface area contributed by atoms with Crippen LogP contribution >= 0.6 is 0 Å². The molecule has 0 atom stereocenters. The fraction of sp³-hybridized carbons (Fsp3) is 0.529. The zero-order valence-electron chi connectivity index (χ0n) is 14.9. The number of imidazole rings is 1. The molecule has 0 fully saturated rings. The highest BCUT2D eigenvalue weighted by Gasteiger charge is 2.18. The largest absolute Gasteiger partial charge is 0.478 e. The van der Waals surface area contributed by atoms with E-state index >= 15 is 0 Å². The average Bonchev–Trinajstić information content (AvgIpc) is 2.89. The zero-order valence-corrected chi connectivity index (χ0v) is 14.9. The van der Waals surface area contributed by atoms with E-state index in [1.54, 1.807) is 11.6 Å². The Morgan fingerprint density at radius 2 is 1.72 bits per heavy atom. The number of aryl methyl sites for hydroxylation is 2. The molecule has 2 heterocycles. The molecule has 0 aliphatic carbocycles. The van der Waals surface area contributed by atoms with Crippen LogP contribution < -0.4 is 11.2 Å². The van der Waals surface area contributed by atoms with Crippen LogP contribution in [-0.2, 0) is 24.9 Å². The molecule has 0 unspecified atom stereocenters. The van der Waals surface area contributed by atoms with Crippen molar-refractivity contribution in [2.45, 2.75) is 52.6 Å². The fourth-order valence-electron chi connectivity index (χ4n) is 2.71. The van der Waals surface area contributed by atoms with Crippen LogP contribution in [-0.4, -0.2) is 29.8 Å².